The molecular weight excluding hydrogens is 273 g/mol. The highest BCUT2D eigenvalue weighted by molar-refractivity contribution is 6.39. The lowest BCUT2D eigenvalue weighted by molar-refractivity contribution is 0.413. The summed E-state index contributed by atoms with van der Waals surface area (Å²) < 4.78 is 10.7. The Bertz CT molecular complexity index is 532. The molecule has 0 radical (unpaired) electrons. The molecule has 2 aromatic carbocycles. The zero-order chi connectivity index (χ0) is 13.1. The van der Waals surface area contributed by atoms with Crippen LogP contribution in [0.4, 0.5) is 5.69 Å². The molecule has 0 fully saturated rings. The molecule has 2 aromatic rings. The summed E-state index contributed by atoms with van der Waals surface area (Å²) in [5.74, 6) is 1.95. The molecule has 0 aromatic heterocycles. The summed E-state index contributed by atoms with van der Waals surface area (Å²) in [5, 5.41) is 0.733. The molecule has 0 amide bonds. The normalized spacial score (nSPS) is 10.2. The first-order valence-electron chi connectivity index (χ1n) is 5.16. The smallest absolute Gasteiger partial charge is 0.130 e. The van der Waals surface area contributed by atoms with Crippen molar-refractivity contribution in [1.29, 1.82) is 0 Å². The Morgan fingerprint density at radius 2 is 1.39 bits per heavy atom. The van der Waals surface area contributed by atoms with E-state index in [9.17, 15) is 0 Å². The molecule has 2 rings (SSSR count). The van der Waals surface area contributed by atoms with Gasteiger partial charge in [0.15, 0.2) is 0 Å². The molecule has 3 nitrogen and oxygen atoms in total. The summed E-state index contributed by atoms with van der Waals surface area (Å²) in [5.41, 5.74) is 5.99. The first-order valence-corrected chi connectivity index (χ1v) is 5.92. The quantitative estimate of drug-likeness (QED) is 0.851. The van der Waals surface area contributed by atoms with E-state index in [0.717, 1.165) is 5.75 Å². The first-order chi connectivity index (χ1) is 8.60. The van der Waals surface area contributed by atoms with E-state index in [1.807, 2.05) is 0 Å². The lowest BCUT2D eigenvalue weighted by atomic mass is 10.3. The lowest BCUT2D eigenvalue weighted by Gasteiger charge is -2.09. The molecule has 0 saturated heterocycles. The van der Waals surface area contributed by atoms with E-state index in [-0.39, 0.29) is 0 Å². The minimum atomic E-state index is 0.348. The van der Waals surface area contributed by atoms with Crippen molar-refractivity contribution < 1.29 is 9.47 Å². The van der Waals surface area contributed by atoms with E-state index in [2.05, 4.69) is 0 Å². The van der Waals surface area contributed by atoms with Crippen molar-refractivity contribution in [3.63, 3.8) is 0 Å². The summed E-state index contributed by atoms with van der Waals surface area (Å²) in [6, 6.07) is 10.4. The largest absolute Gasteiger partial charge is 0.497 e. The van der Waals surface area contributed by atoms with Crippen molar-refractivity contribution in [3.05, 3.63) is 46.4 Å². The Kier molecular flexibility index (Phi) is 3.84. The number of nitrogen functional groups attached to an aromatic ring is 1. The topological polar surface area (TPSA) is 44.5 Å². The summed E-state index contributed by atoms with van der Waals surface area (Å²) in [7, 11) is 1.61. The van der Waals surface area contributed by atoms with Crippen LogP contribution < -0.4 is 15.2 Å². The average Bonchev–Trinajstić information content (AvgIpc) is 2.37. The molecule has 94 valence electrons. The Labute approximate surface area is 115 Å². The molecular formula is C13H11Cl2NO2. The highest BCUT2D eigenvalue weighted by Gasteiger charge is 2.06. The number of hydrogen-bond donors (Lipinski definition) is 1. The Hall–Kier alpha value is -1.58. The molecule has 18 heavy (non-hydrogen) atoms. The van der Waals surface area contributed by atoms with Crippen LogP contribution >= 0.6 is 23.2 Å². The fourth-order valence-corrected chi connectivity index (χ4v) is 1.87. The fraction of sp³-hybridized carbons (Fsp3) is 0.0769. The zero-order valence-corrected chi connectivity index (χ0v) is 11.1. The average molecular weight is 284 g/mol. The van der Waals surface area contributed by atoms with Gasteiger partial charge in [-0.1, -0.05) is 23.2 Å². The molecule has 0 unspecified atom stereocenters. The van der Waals surface area contributed by atoms with Gasteiger partial charge < -0.3 is 15.2 Å². The van der Waals surface area contributed by atoms with Crippen molar-refractivity contribution in [3.8, 4) is 17.2 Å². The van der Waals surface area contributed by atoms with E-state index in [0.29, 0.717) is 27.2 Å². The maximum absolute atomic E-state index is 5.92. The molecule has 0 heterocycles. The summed E-state index contributed by atoms with van der Waals surface area (Å²) in [4.78, 5) is 0. The van der Waals surface area contributed by atoms with Crippen LogP contribution in [0.25, 0.3) is 0 Å². The van der Waals surface area contributed by atoms with Gasteiger partial charge in [0.25, 0.3) is 0 Å². The van der Waals surface area contributed by atoms with Crippen molar-refractivity contribution in [2.75, 3.05) is 12.8 Å². The van der Waals surface area contributed by atoms with Gasteiger partial charge in [-0.3, -0.25) is 0 Å². The maximum atomic E-state index is 5.92. The number of rotatable bonds is 3. The third-order valence-electron chi connectivity index (χ3n) is 2.35. The van der Waals surface area contributed by atoms with Crippen molar-refractivity contribution in [1.82, 2.24) is 0 Å². The van der Waals surface area contributed by atoms with Crippen molar-refractivity contribution in [2.24, 2.45) is 0 Å². The number of anilines is 1. The molecule has 5 heteroatoms. The minimum absolute atomic E-state index is 0.348. The molecule has 2 N–H and O–H groups in total. The van der Waals surface area contributed by atoms with Gasteiger partial charge in [0.1, 0.15) is 17.2 Å². The highest BCUT2D eigenvalue weighted by atomic mass is 35.5. The zero-order valence-electron chi connectivity index (χ0n) is 9.61. The summed E-state index contributed by atoms with van der Waals surface area (Å²) in [6.07, 6.45) is 0. The van der Waals surface area contributed by atoms with Gasteiger partial charge in [0.05, 0.1) is 22.8 Å². The Morgan fingerprint density at radius 3 is 1.89 bits per heavy atom. The number of ether oxygens (including phenoxy) is 2. The Balaban J connectivity index is 2.23. The molecule has 0 spiro atoms. The number of halogens is 2. The third kappa shape index (κ3) is 2.81. The van der Waals surface area contributed by atoms with Crippen LogP contribution in [0.15, 0.2) is 36.4 Å². The van der Waals surface area contributed by atoms with E-state index in [1.165, 1.54) is 0 Å². The van der Waals surface area contributed by atoms with Gasteiger partial charge in [-0.25, -0.2) is 0 Å². The lowest BCUT2D eigenvalue weighted by Crippen LogP contribution is -1.90. The number of benzene rings is 2. The van der Waals surface area contributed by atoms with E-state index < -0.39 is 0 Å². The molecule has 0 bridgehead atoms. The minimum Gasteiger partial charge on any atom is -0.497 e. The molecule has 0 aliphatic rings. The van der Waals surface area contributed by atoms with Crippen LogP contribution in [0.2, 0.25) is 10.0 Å². The second kappa shape index (κ2) is 5.38. The van der Waals surface area contributed by atoms with E-state index >= 15 is 0 Å². The van der Waals surface area contributed by atoms with Crippen LogP contribution in [0.5, 0.6) is 17.2 Å². The third-order valence-corrected chi connectivity index (χ3v) is 2.97. The van der Waals surface area contributed by atoms with Crippen molar-refractivity contribution >= 4 is 28.9 Å². The first kappa shape index (κ1) is 12.9. The monoisotopic (exact) mass is 283 g/mol. The van der Waals surface area contributed by atoms with Crippen molar-refractivity contribution in [2.45, 2.75) is 0 Å². The van der Waals surface area contributed by atoms with Crippen LogP contribution in [0.3, 0.4) is 0 Å². The van der Waals surface area contributed by atoms with Gasteiger partial charge in [-0.15, -0.1) is 0 Å². The number of hydrogen-bond acceptors (Lipinski definition) is 3. The van der Waals surface area contributed by atoms with E-state index in [4.69, 9.17) is 38.4 Å². The van der Waals surface area contributed by atoms with Gasteiger partial charge >= 0.3 is 0 Å². The number of methoxy groups -OCH3 is 1. The molecule has 0 aliphatic heterocycles. The fourth-order valence-electron chi connectivity index (χ4n) is 1.40. The van der Waals surface area contributed by atoms with Gasteiger partial charge in [0.2, 0.25) is 0 Å². The van der Waals surface area contributed by atoms with Gasteiger partial charge in [-0.05, 0) is 24.3 Å². The number of nitrogens with two attached hydrogens (primary N) is 1. The highest BCUT2D eigenvalue weighted by Crippen LogP contribution is 2.34. The van der Waals surface area contributed by atoms with Crippen LogP contribution in [-0.2, 0) is 0 Å². The van der Waals surface area contributed by atoms with Crippen LogP contribution in [-0.4, -0.2) is 7.11 Å². The standard InChI is InChI=1S/C13H11Cl2NO2/c1-17-8-2-4-9(5-3-8)18-10-6-11(14)13(16)12(15)7-10/h2-7H,16H2,1H3. The summed E-state index contributed by atoms with van der Waals surface area (Å²) >= 11 is 11.8. The van der Waals surface area contributed by atoms with Crippen LogP contribution in [0.1, 0.15) is 0 Å². The second-order valence-corrected chi connectivity index (χ2v) is 4.39. The SMILES string of the molecule is COc1ccc(Oc2cc(Cl)c(N)c(Cl)c2)cc1. The predicted octanol–water partition coefficient (Wildman–Crippen LogP) is 4.38. The predicted molar refractivity (Wildman–Crippen MR) is 73.9 cm³/mol. The molecule has 0 aliphatic carbocycles. The van der Waals surface area contributed by atoms with Gasteiger partial charge in [0, 0.05) is 12.1 Å². The summed E-state index contributed by atoms with van der Waals surface area (Å²) in [6.45, 7) is 0. The molecule has 0 saturated carbocycles. The van der Waals surface area contributed by atoms with E-state index in [1.54, 1.807) is 43.5 Å². The maximum Gasteiger partial charge on any atom is 0.130 e. The Morgan fingerprint density at radius 1 is 0.889 bits per heavy atom. The van der Waals surface area contributed by atoms with Gasteiger partial charge in [-0.2, -0.15) is 0 Å². The second-order valence-electron chi connectivity index (χ2n) is 3.58. The van der Waals surface area contributed by atoms with Crippen LogP contribution in [0, 0.1) is 0 Å². The molecule has 0 atom stereocenters.